The van der Waals surface area contributed by atoms with Crippen molar-refractivity contribution in [1.82, 2.24) is 0 Å². The number of ether oxygens (including phenoxy) is 2. The second-order valence-electron chi connectivity index (χ2n) is 6.24. The lowest BCUT2D eigenvalue weighted by atomic mass is 10.2. The van der Waals surface area contributed by atoms with Crippen molar-refractivity contribution in [2.75, 3.05) is 54.5 Å². The largest absolute Gasteiger partial charge is 0.470 e. The maximum Gasteiger partial charge on any atom is 0.414 e. The van der Waals surface area contributed by atoms with Gasteiger partial charge in [0.1, 0.15) is 18.2 Å². The fourth-order valence-electron chi connectivity index (χ4n) is 3.16. The summed E-state index contributed by atoms with van der Waals surface area (Å²) in [7, 11) is 0. The molecule has 0 spiro atoms. The molecular weight excluding hydrogens is 341 g/mol. The molecule has 1 aromatic heterocycles. The third-order valence-electron chi connectivity index (χ3n) is 4.52. The molecule has 1 N–H and O–H groups in total. The molecule has 26 heavy (non-hydrogen) atoms. The van der Waals surface area contributed by atoms with Gasteiger partial charge in [-0.1, -0.05) is 0 Å². The minimum atomic E-state index is -0.470. The SMILES string of the molecule is O=C1O[C@@H](CNc2ccoc2)CN1c1ccc(N2CCOCC2)c(F)c1. The molecule has 2 aliphatic heterocycles. The summed E-state index contributed by atoms with van der Waals surface area (Å²) in [6, 6.07) is 6.63. The molecule has 0 aliphatic carbocycles. The Labute approximate surface area is 150 Å². The predicted octanol–water partition coefficient (Wildman–Crippen LogP) is 2.69. The predicted molar refractivity (Wildman–Crippen MR) is 94.2 cm³/mol. The van der Waals surface area contributed by atoms with Crippen LogP contribution in [-0.4, -0.2) is 51.6 Å². The van der Waals surface area contributed by atoms with Crippen LogP contribution in [0.5, 0.6) is 0 Å². The van der Waals surface area contributed by atoms with E-state index in [0.29, 0.717) is 50.8 Å². The van der Waals surface area contributed by atoms with Crippen LogP contribution in [0, 0.1) is 5.82 Å². The number of hydrogen-bond donors (Lipinski definition) is 1. The number of carbonyl (C=O) groups excluding carboxylic acids is 1. The van der Waals surface area contributed by atoms with Crippen LogP contribution in [0.15, 0.2) is 41.2 Å². The van der Waals surface area contributed by atoms with Crippen LogP contribution in [0.2, 0.25) is 0 Å². The van der Waals surface area contributed by atoms with Crippen LogP contribution in [0.4, 0.5) is 26.2 Å². The molecule has 8 heteroatoms. The van der Waals surface area contributed by atoms with Crippen molar-refractivity contribution in [3.63, 3.8) is 0 Å². The second kappa shape index (κ2) is 7.25. The van der Waals surface area contributed by atoms with E-state index in [4.69, 9.17) is 13.9 Å². The molecule has 3 heterocycles. The van der Waals surface area contributed by atoms with Crippen LogP contribution < -0.4 is 15.1 Å². The first kappa shape index (κ1) is 16.7. The second-order valence-corrected chi connectivity index (χ2v) is 6.24. The molecule has 0 unspecified atom stereocenters. The molecule has 4 rings (SSSR count). The van der Waals surface area contributed by atoms with E-state index in [9.17, 15) is 9.18 Å². The van der Waals surface area contributed by atoms with Gasteiger partial charge >= 0.3 is 6.09 Å². The number of morpholine rings is 1. The van der Waals surface area contributed by atoms with Crippen LogP contribution in [-0.2, 0) is 9.47 Å². The zero-order valence-electron chi connectivity index (χ0n) is 14.2. The zero-order valence-corrected chi connectivity index (χ0v) is 14.2. The van der Waals surface area contributed by atoms with Crippen molar-refractivity contribution in [1.29, 1.82) is 0 Å². The molecule has 2 aromatic rings. The number of carbonyl (C=O) groups is 1. The summed E-state index contributed by atoms with van der Waals surface area (Å²) in [5.41, 5.74) is 1.85. The van der Waals surface area contributed by atoms with E-state index in [0.717, 1.165) is 5.69 Å². The molecule has 2 aliphatic rings. The summed E-state index contributed by atoms with van der Waals surface area (Å²) in [6.07, 6.45) is 2.35. The fraction of sp³-hybridized carbons (Fsp3) is 0.389. The van der Waals surface area contributed by atoms with E-state index in [1.54, 1.807) is 30.7 Å². The first-order valence-electron chi connectivity index (χ1n) is 8.57. The third kappa shape index (κ3) is 3.45. The van der Waals surface area contributed by atoms with Crippen molar-refractivity contribution in [2.45, 2.75) is 6.10 Å². The average Bonchev–Trinajstić information content (AvgIpc) is 3.30. The number of rotatable bonds is 5. The summed E-state index contributed by atoms with van der Waals surface area (Å²) in [5.74, 6) is -0.350. The quantitative estimate of drug-likeness (QED) is 0.883. The number of anilines is 3. The van der Waals surface area contributed by atoms with E-state index >= 15 is 0 Å². The Morgan fingerprint density at radius 2 is 2.08 bits per heavy atom. The van der Waals surface area contributed by atoms with Crippen LogP contribution in [0.1, 0.15) is 0 Å². The van der Waals surface area contributed by atoms with Gasteiger partial charge in [0.2, 0.25) is 0 Å². The minimum Gasteiger partial charge on any atom is -0.470 e. The van der Waals surface area contributed by atoms with E-state index in [-0.39, 0.29) is 11.9 Å². The molecule has 1 atom stereocenters. The lowest BCUT2D eigenvalue weighted by Crippen LogP contribution is -2.36. The maximum atomic E-state index is 14.6. The molecule has 138 valence electrons. The zero-order chi connectivity index (χ0) is 17.9. The van der Waals surface area contributed by atoms with Gasteiger partial charge in [0, 0.05) is 13.1 Å². The minimum absolute atomic E-state index is 0.320. The Morgan fingerprint density at radius 3 is 2.81 bits per heavy atom. The Hall–Kier alpha value is -2.74. The number of furan rings is 1. The lowest BCUT2D eigenvalue weighted by Gasteiger charge is -2.29. The van der Waals surface area contributed by atoms with Crippen molar-refractivity contribution in [2.24, 2.45) is 0 Å². The van der Waals surface area contributed by atoms with Crippen LogP contribution in [0.3, 0.4) is 0 Å². The summed E-state index contributed by atoms with van der Waals surface area (Å²) in [5, 5.41) is 3.13. The summed E-state index contributed by atoms with van der Waals surface area (Å²) >= 11 is 0. The highest BCUT2D eigenvalue weighted by molar-refractivity contribution is 5.90. The Bertz CT molecular complexity index is 762. The topological polar surface area (TPSA) is 67.2 Å². The lowest BCUT2D eigenvalue weighted by molar-refractivity contribution is 0.122. The van der Waals surface area contributed by atoms with Gasteiger partial charge < -0.3 is 24.1 Å². The molecule has 2 fully saturated rings. The smallest absolute Gasteiger partial charge is 0.414 e. The Balaban J connectivity index is 1.41. The number of amides is 1. The average molecular weight is 361 g/mol. The first-order chi connectivity index (χ1) is 12.7. The first-order valence-corrected chi connectivity index (χ1v) is 8.57. The monoisotopic (exact) mass is 361 g/mol. The highest BCUT2D eigenvalue weighted by Crippen LogP contribution is 2.28. The van der Waals surface area contributed by atoms with Gasteiger partial charge in [0.25, 0.3) is 0 Å². The molecule has 0 saturated carbocycles. The standard InChI is InChI=1S/C18H20FN3O4/c19-16-9-14(1-2-17(16)21-4-7-24-8-5-21)22-11-15(26-18(22)23)10-20-13-3-6-25-12-13/h1-3,6,9,12,15,20H,4-5,7-8,10-11H2/t15-/m0/s1. The number of hydrogen-bond acceptors (Lipinski definition) is 6. The molecule has 0 bridgehead atoms. The highest BCUT2D eigenvalue weighted by atomic mass is 19.1. The number of halogens is 1. The third-order valence-corrected chi connectivity index (χ3v) is 4.52. The number of nitrogens with zero attached hydrogens (tertiary/aromatic N) is 2. The molecular formula is C18H20FN3O4. The maximum absolute atomic E-state index is 14.6. The van der Waals surface area contributed by atoms with Crippen molar-refractivity contribution < 1.29 is 23.1 Å². The van der Waals surface area contributed by atoms with E-state index in [1.807, 2.05) is 4.90 Å². The number of nitrogens with one attached hydrogen (secondary N) is 1. The Kier molecular flexibility index (Phi) is 4.66. The van der Waals surface area contributed by atoms with Crippen LogP contribution >= 0.6 is 0 Å². The van der Waals surface area contributed by atoms with Gasteiger partial charge in [0.05, 0.1) is 49.6 Å². The van der Waals surface area contributed by atoms with Crippen molar-refractivity contribution >= 4 is 23.2 Å². The van der Waals surface area contributed by atoms with Gasteiger partial charge in [-0.3, -0.25) is 4.90 Å². The van der Waals surface area contributed by atoms with Gasteiger partial charge in [0.15, 0.2) is 0 Å². The molecule has 1 amide bonds. The molecule has 1 aromatic carbocycles. The molecule has 0 radical (unpaired) electrons. The van der Waals surface area contributed by atoms with Gasteiger partial charge in [-0.05, 0) is 24.3 Å². The van der Waals surface area contributed by atoms with Crippen LogP contribution in [0.25, 0.3) is 0 Å². The fourth-order valence-corrected chi connectivity index (χ4v) is 3.16. The van der Waals surface area contributed by atoms with E-state index in [2.05, 4.69) is 5.32 Å². The normalized spacial score (nSPS) is 20.3. The van der Waals surface area contributed by atoms with Gasteiger partial charge in [-0.25, -0.2) is 9.18 Å². The van der Waals surface area contributed by atoms with Gasteiger partial charge in [-0.15, -0.1) is 0 Å². The highest BCUT2D eigenvalue weighted by Gasteiger charge is 2.32. The molecule has 2 saturated heterocycles. The number of benzene rings is 1. The molecule has 7 nitrogen and oxygen atoms in total. The summed E-state index contributed by atoms with van der Waals surface area (Å²) < 4.78 is 30.2. The number of cyclic esters (lactones) is 1. The summed E-state index contributed by atoms with van der Waals surface area (Å²) in [6.45, 7) is 3.31. The van der Waals surface area contributed by atoms with E-state index in [1.165, 1.54) is 11.0 Å². The summed E-state index contributed by atoms with van der Waals surface area (Å²) in [4.78, 5) is 15.6. The van der Waals surface area contributed by atoms with Crippen molar-refractivity contribution in [3.05, 3.63) is 42.6 Å². The van der Waals surface area contributed by atoms with E-state index < -0.39 is 6.09 Å². The Morgan fingerprint density at radius 1 is 1.23 bits per heavy atom. The van der Waals surface area contributed by atoms with Gasteiger partial charge in [-0.2, -0.15) is 0 Å². The van der Waals surface area contributed by atoms with Crippen molar-refractivity contribution in [3.8, 4) is 0 Å².